The Balaban J connectivity index is 0.00000218. The first-order valence-corrected chi connectivity index (χ1v) is 10.2. The minimum absolute atomic E-state index is 0. The van der Waals surface area contributed by atoms with Crippen LogP contribution < -0.4 is 17.3 Å². The lowest BCUT2D eigenvalue weighted by molar-refractivity contribution is -0.453. The van der Waals surface area contributed by atoms with E-state index in [9.17, 15) is 0 Å². The van der Waals surface area contributed by atoms with Gasteiger partial charge in [-0.3, -0.25) is 0 Å². The van der Waals surface area contributed by atoms with E-state index < -0.39 is 0 Å². The van der Waals surface area contributed by atoms with E-state index in [1.54, 1.807) is 0 Å². The van der Waals surface area contributed by atoms with E-state index >= 15 is 0 Å². The van der Waals surface area contributed by atoms with Crippen LogP contribution in [-0.2, 0) is 13.1 Å². The summed E-state index contributed by atoms with van der Waals surface area (Å²) < 4.78 is 2.39. The molecule has 1 heterocycles. The summed E-state index contributed by atoms with van der Waals surface area (Å²) >= 11 is 0. The topological polar surface area (TPSA) is 6.25 Å². The van der Waals surface area contributed by atoms with Crippen molar-refractivity contribution in [1.82, 2.24) is 0 Å². The number of benzene rings is 4. The molecule has 5 rings (SSSR count). The van der Waals surface area contributed by atoms with Crippen molar-refractivity contribution in [2.45, 2.75) is 26.9 Å². The van der Waals surface area contributed by atoms with Gasteiger partial charge < -0.3 is 12.4 Å². The highest BCUT2D eigenvalue weighted by Gasteiger charge is 2.26. The molecule has 4 aromatic rings. The van der Waals surface area contributed by atoms with Crippen LogP contribution in [0.3, 0.4) is 0 Å². The Morgan fingerprint density at radius 2 is 1.57 bits per heavy atom. The summed E-state index contributed by atoms with van der Waals surface area (Å²) in [4.78, 5) is 2.40. The molecule has 1 aliphatic rings. The molecular weight excluding hydrogens is 388 g/mol. The van der Waals surface area contributed by atoms with Gasteiger partial charge >= 0.3 is 0 Å². The molecule has 2 nitrogen and oxygen atoms in total. The summed E-state index contributed by atoms with van der Waals surface area (Å²) in [7, 11) is 0. The van der Waals surface area contributed by atoms with Gasteiger partial charge in [-0.2, -0.15) is 0 Å². The van der Waals surface area contributed by atoms with Gasteiger partial charge in [0, 0.05) is 0 Å². The van der Waals surface area contributed by atoms with E-state index in [4.69, 9.17) is 0 Å². The SMILES string of the molecule is Cc1cccc(C[N+]2=CN(Cc3ccccc3C)c3cccc4cccc2c34)c1.[Cl-]. The summed E-state index contributed by atoms with van der Waals surface area (Å²) in [5.41, 5.74) is 7.87. The summed E-state index contributed by atoms with van der Waals surface area (Å²) in [6.45, 7) is 6.08. The van der Waals surface area contributed by atoms with Crippen molar-refractivity contribution in [3.05, 3.63) is 107 Å². The second-order valence-corrected chi connectivity index (χ2v) is 7.94. The molecule has 0 bridgehead atoms. The van der Waals surface area contributed by atoms with Crippen molar-refractivity contribution in [3.8, 4) is 0 Å². The zero-order valence-corrected chi connectivity index (χ0v) is 18.1. The largest absolute Gasteiger partial charge is 1.00 e. The average molecular weight is 413 g/mol. The smallest absolute Gasteiger partial charge is 0.245 e. The molecule has 4 aromatic carbocycles. The number of halogens is 1. The molecule has 0 radical (unpaired) electrons. The Hall–Kier alpha value is -3.10. The molecule has 0 saturated heterocycles. The molecule has 150 valence electrons. The maximum absolute atomic E-state index is 2.40. The minimum Gasteiger partial charge on any atom is -1.00 e. The van der Waals surface area contributed by atoms with Gasteiger partial charge in [-0.25, -0.2) is 9.48 Å². The first kappa shape index (κ1) is 20.2. The third-order valence-corrected chi connectivity index (χ3v) is 5.80. The molecule has 0 unspecified atom stereocenters. The first-order chi connectivity index (χ1) is 14.2. The molecule has 0 atom stereocenters. The normalized spacial score (nSPS) is 12.5. The number of aryl methyl sites for hydroxylation is 2. The minimum atomic E-state index is 0. The van der Waals surface area contributed by atoms with Gasteiger partial charge in [-0.1, -0.05) is 78.4 Å². The highest BCUT2D eigenvalue weighted by Crippen LogP contribution is 2.38. The lowest BCUT2D eigenvalue weighted by Crippen LogP contribution is -3.00. The molecular formula is C27H25ClN2. The van der Waals surface area contributed by atoms with Crippen LogP contribution in [0.4, 0.5) is 11.4 Å². The molecule has 0 amide bonds. The van der Waals surface area contributed by atoms with E-state index in [-0.39, 0.29) is 12.4 Å². The van der Waals surface area contributed by atoms with Crippen LogP contribution in [-0.4, -0.2) is 10.9 Å². The summed E-state index contributed by atoms with van der Waals surface area (Å²) in [6, 6.07) is 30.7. The average Bonchev–Trinajstić information content (AvgIpc) is 2.73. The standard InChI is InChI=1S/C27H25N2.ClH/c1-20-8-5-10-22(16-20)17-28-19-29(18-24-11-4-3-9-21(24)2)26-15-7-13-23-12-6-14-25(28)27(23)26;/h3-16,19H,17-18H2,1-2H3;1H/q+1;/p-1. The lowest BCUT2D eigenvalue weighted by Gasteiger charge is -2.24. The Kier molecular flexibility index (Phi) is 5.61. The molecule has 1 aliphatic heterocycles. The van der Waals surface area contributed by atoms with Gasteiger partial charge in [-0.15, -0.1) is 0 Å². The predicted molar refractivity (Wildman–Crippen MR) is 122 cm³/mol. The summed E-state index contributed by atoms with van der Waals surface area (Å²) in [5, 5.41) is 2.62. The van der Waals surface area contributed by atoms with Crippen LogP contribution in [0.5, 0.6) is 0 Å². The Morgan fingerprint density at radius 1 is 0.800 bits per heavy atom. The van der Waals surface area contributed by atoms with E-state index in [0.717, 1.165) is 13.1 Å². The maximum Gasteiger partial charge on any atom is 0.245 e. The van der Waals surface area contributed by atoms with Crippen molar-refractivity contribution in [2.75, 3.05) is 4.90 Å². The van der Waals surface area contributed by atoms with Crippen LogP contribution in [0.15, 0.2) is 84.9 Å². The van der Waals surface area contributed by atoms with Crippen LogP contribution in [0.25, 0.3) is 10.8 Å². The van der Waals surface area contributed by atoms with Crippen LogP contribution in [0.1, 0.15) is 22.3 Å². The van der Waals surface area contributed by atoms with E-state index in [0.29, 0.717) is 0 Å². The molecule has 0 spiro atoms. The van der Waals surface area contributed by atoms with Crippen molar-refractivity contribution in [3.63, 3.8) is 0 Å². The molecule has 3 heteroatoms. The van der Waals surface area contributed by atoms with E-state index in [2.05, 4.69) is 115 Å². The Labute approximate surface area is 184 Å². The maximum atomic E-state index is 2.40. The summed E-state index contributed by atoms with van der Waals surface area (Å²) in [6.07, 6.45) is 2.28. The third-order valence-electron chi connectivity index (χ3n) is 5.80. The molecule has 0 aromatic heterocycles. The van der Waals surface area contributed by atoms with Gasteiger partial charge in [0.2, 0.25) is 6.34 Å². The molecule has 30 heavy (non-hydrogen) atoms. The van der Waals surface area contributed by atoms with Crippen molar-refractivity contribution >= 4 is 28.5 Å². The fourth-order valence-electron chi connectivity index (χ4n) is 4.30. The van der Waals surface area contributed by atoms with Crippen molar-refractivity contribution in [1.29, 1.82) is 0 Å². The molecule has 0 aliphatic carbocycles. The fraction of sp³-hybridized carbons (Fsp3) is 0.148. The van der Waals surface area contributed by atoms with Crippen molar-refractivity contribution in [2.24, 2.45) is 0 Å². The Morgan fingerprint density at radius 3 is 2.37 bits per heavy atom. The van der Waals surface area contributed by atoms with Crippen molar-refractivity contribution < 1.29 is 17.0 Å². The lowest BCUT2D eigenvalue weighted by atomic mass is 10.0. The number of rotatable bonds is 4. The second kappa shape index (κ2) is 8.33. The molecule has 0 fully saturated rings. The van der Waals surface area contributed by atoms with Gasteiger partial charge in [0.05, 0.1) is 5.39 Å². The van der Waals surface area contributed by atoms with Gasteiger partial charge in [0.1, 0.15) is 24.5 Å². The van der Waals surface area contributed by atoms with E-state index in [1.807, 2.05) is 0 Å². The number of hydrogen-bond donors (Lipinski definition) is 0. The number of hydrogen-bond acceptors (Lipinski definition) is 1. The Bertz CT molecular complexity index is 1240. The second-order valence-electron chi connectivity index (χ2n) is 7.94. The highest BCUT2D eigenvalue weighted by molar-refractivity contribution is 6.06. The molecule has 0 saturated carbocycles. The zero-order chi connectivity index (χ0) is 19.8. The third kappa shape index (κ3) is 3.71. The van der Waals surface area contributed by atoms with Gasteiger partial charge in [0.25, 0.3) is 0 Å². The van der Waals surface area contributed by atoms with Gasteiger partial charge in [-0.05, 0) is 48.1 Å². The quantitative estimate of drug-likeness (QED) is 0.466. The number of nitrogens with zero attached hydrogens (tertiary/aromatic N) is 2. The highest BCUT2D eigenvalue weighted by atomic mass is 35.5. The fourth-order valence-corrected chi connectivity index (χ4v) is 4.30. The molecule has 0 N–H and O–H groups in total. The zero-order valence-electron chi connectivity index (χ0n) is 17.3. The van der Waals surface area contributed by atoms with E-state index in [1.165, 1.54) is 44.4 Å². The monoisotopic (exact) mass is 412 g/mol. The number of anilines is 1. The first-order valence-electron chi connectivity index (χ1n) is 10.2. The van der Waals surface area contributed by atoms with Crippen LogP contribution in [0.2, 0.25) is 0 Å². The van der Waals surface area contributed by atoms with Crippen LogP contribution >= 0.6 is 0 Å². The van der Waals surface area contributed by atoms with Gasteiger partial charge in [0.15, 0.2) is 0 Å². The summed E-state index contributed by atoms with van der Waals surface area (Å²) in [5.74, 6) is 0. The predicted octanol–water partition coefficient (Wildman–Crippen LogP) is 3.35. The van der Waals surface area contributed by atoms with Crippen LogP contribution in [0, 0.1) is 13.8 Å².